The summed E-state index contributed by atoms with van der Waals surface area (Å²) in [6.45, 7) is 0.500. The van der Waals surface area contributed by atoms with Gasteiger partial charge in [-0.1, -0.05) is 6.07 Å². The molecule has 16 heavy (non-hydrogen) atoms. The molecule has 1 rings (SSSR count). The maximum Gasteiger partial charge on any atom is 0.165 e. The molecule has 1 N–H and O–H groups in total. The van der Waals surface area contributed by atoms with Gasteiger partial charge in [-0.2, -0.15) is 0 Å². The van der Waals surface area contributed by atoms with Crippen LogP contribution in [0.5, 0.6) is 5.75 Å². The zero-order valence-corrected chi connectivity index (χ0v) is 9.57. The molecule has 0 amide bonds. The second-order valence-electron chi connectivity index (χ2n) is 3.61. The van der Waals surface area contributed by atoms with Crippen molar-refractivity contribution in [2.24, 2.45) is 0 Å². The lowest BCUT2D eigenvalue weighted by molar-refractivity contribution is 0.110. The van der Waals surface area contributed by atoms with Crippen LogP contribution in [0.1, 0.15) is 12.0 Å². The highest BCUT2D eigenvalue weighted by atomic mass is 19.1. The van der Waals surface area contributed by atoms with Crippen LogP contribution in [0.15, 0.2) is 18.2 Å². The molecule has 1 atom stereocenters. The molecule has 0 aliphatic heterocycles. The van der Waals surface area contributed by atoms with Crippen LogP contribution in [-0.4, -0.2) is 32.0 Å². The Balaban J connectivity index is 2.57. The Morgan fingerprint density at radius 2 is 2.12 bits per heavy atom. The van der Waals surface area contributed by atoms with Crippen LogP contribution < -0.4 is 4.74 Å². The number of rotatable bonds is 6. The van der Waals surface area contributed by atoms with Crippen molar-refractivity contribution in [2.45, 2.75) is 18.9 Å². The Morgan fingerprint density at radius 1 is 1.38 bits per heavy atom. The second kappa shape index (κ2) is 6.45. The standard InChI is InChI=1S/C12H17FO3/c1-15-6-5-10(14)7-9-3-4-12(16-2)11(13)8-9/h3-4,8,10,14H,5-7H2,1-2H3. The van der Waals surface area contributed by atoms with E-state index in [1.54, 1.807) is 19.2 Å². The van der Waals surface area contributed by atoms with Gasteiger partial charge in [0.15, 0.2) is 11.6 Å². The number of aliphatic hydroxyl groups excluding tert-OH is 1. The smallest absolute Gasteiger partial charge is 0.165 e. The maximum absolute atomic E-state index is 13.3. The van der Waals surface area contributed by atoms with Crippen LogP contribution in [0, 0.1) is 5.82 Å². The number of benzene rings is 1. The number of aliphatic hydroxyl groups is 1. The van der Waals surface area contributed by atoms with Crippen molar-refractivity contribution < 1.29 is 19.0 Å². The van der Waals surface area contributed by atoms with Crippen molar-refractivity contribution in [2.75, 3.05) is 20.8 Å². The molecule has 0 aliphatic rings. The van der Waals surface area contributed by atoms with Gasteiger partial charge in [0.25, 0.3) is 0 Å². The van der Waals surface area contributed by atoms with Gasteiger partial charge in [-0.3, -0.25) is 0 Å². The Kier molecular flexibility index (Phi) is 5.22. The summed E-state index contributed by atoms with van der Waals surface area (Å²) in [7, 11) is 3.01. The summed E-state index contributed by atoms with van der Waals surface area (Å²) in [5, 5.41) is 9.62. The molecule has 1 aromatic carbocycles. The van der Waals surface area contributed by atoms with Crippen molar-refractivity contribution in [1.29, 1.82) is 0 Å². The van der Waals surface area contributed by atoms with E-state index >= 15 is 0 Å². The van der Waals surface area contributed by atoms with E-state index in [-0.39, 0.29) is 5.75 Å². The molecule has 0 heterocycles. The highest BCUT2D eigenvalue weighted by molar-refractivity contribution is 5.29. The lowest BCUT2D eigenvalue weighted by atomic mass is 10.1. The molecule has 0 saturated heterocycles. The van der Waals surface area contributed by atoms with E-state index in [9.17, 15) is 9.50 Å². The average molecular weight is 228 g/mol. The third-order valence-electron chi connectivity index (χ3n) is 2.34. The van der Waals surface area contributed by atoms with Crippen LogP contribution in [0.3, 0.4) is 0 Å². The number of hydrogen-bond acceptors (Lipinski definition) is 3. The van der Waals surface area contributed by atoms with E-state index in [0.717, 1.165) is 5.56 Å². The number of methoxy groups -OCH3 is 2. The van der Waals surface area contributed by atoms with Crippen molar-refractivity contribution >= 4 is 0 Å². The maximum atomic E-state index is 13.3. The van der Waals surface area contributed by atoms with E-state index in [4.69, 9.17) is 9.47 Å². The highest BCUT2D eigenvalue weighted by Crippen LogP contribution is 2.18. The van der Waals surface area contributed by atoms with E-state index in [1.165, 1.54) is 13.2 Å². The third-order valence-corrected chi connectivity index (χ3v) is 2.34. The van der Waals surface area contributed by atoms with Crippen LogP contribution in [0.25, 0.3) is 0 Å². The molecule has 0 spiro atoms. The molecule has 0 aromatic heterocycles. The summed E-state index contributed by atoms with van der Waals surface area (Å²) in [6, 6.07) is 4.69. The van der Waals surface area contributed by atoms with Crippen molar-refractivity contribution in [1.82, 2.24) is 0 Å². The minimum absolute atomic E-state index is 0.218. The average Bonchev–Trinajstić information content (AvgIpc) is 2.26. The fraction of sp³-hybridized carbons (Fsp3) is 0.500. The van der Waals surface area contributed by atoms with Crippen LogP contribution in [0.4, 0.5) is 4.39 Å². The first-order valence-electron chi connectivity index (χ1n) is 5.16. The van der Waals surface area contributed by atoms with Crippen molar-refractivity contribution in [3.8, 4) is 5.75 Å². The van der Waals surface area contributed by atoms with Gasteiger partial charge in [0.2, 0.25) is 0 Å². The SMILES string of the molecule is COCCC(O)Cc1ccc(OC)c(F)c1. The van der Waals surface area contributed by atoms with Crippen molar-refractivity contribution in [3.63, 3.8) is 0 Å². The first kappa shape index (κ1) is 12.9. The molecule has 3 nitrogen and oxygen atoms in total. The topological polar surface area (TPSA) is 38.7 Å². The Labute approximate surface area is 94.8 Å². The van der Waals surface area contributed by atoms with E-state index in [1.807, 2.05) is 0 Å². The second-order valence-corrected chi connectivity index (χ2v) is 3.61. The summed E-state index contributed by atoms with van der Waals surface area (Å²) in [4.78, 5) is 0. The zero-order chi connectivity index (χ0) is 12.0. The fourth-order valence-electron chi connectivity index (χ4n) is 1.46. The third kappa shape index (κ3) is 3.79. The highest BCUT2D eigenvalue weighted by Gasteiger charge is 2.08. The largest absolute Gasteiger partial charge is 0.494 e. The molecular weight excluding hydrogens is 211 g/mol. The zero-order valence-electron chi connectivity index (χ0n) is 9.57. The van der Waals surface area contributed by atoms with Crippen LogP contribution >= 0.6 is 0 Å². The van der Waals surface area contributed by atoms with E-state index in [2.05, 4.69) is 0 Å². The Bertz CT molecular complexity index is 328. The minimum atomic E-state index is -0.507. The van der Waals surface area contributed by atoms with Gasteiger partial charge in [-0.05, 0) is 30.5 Å². The summed E-state index contributed by atoms with van der Waals surface area (Å²) in [5.74, 6) is -0.186. The van der Waals surface area contributed by atoms with E-state index in [0.29, 0.717) is 19.4 Å². The Morgan fingerprint density at radius 3 is 2.69 bits per heavy atom. The first-order valence-corrected chi connectivity index (χ1v) is 5.16. The first-order chi connectivity index (χ1) is 7.67. The predicted octanol–water partition coefficient (Wildman–Crippen LogP) is 1.77. The fourth-order valence-corrected chi connectivity index (χ4v) is 1.46. The van der Waals surface area contributed by atoms with Gasteiger partial charge in [0.05, 0.1) is 13.2 Å². The summed E-state index contributed by atoms with van der Waals surface area (Å²) in [5.41, 5.74) is 0.752. The molecule has 0 radical (unpaired) electrons. The number of halogens is 1. The van der Waals surface area contributed by atoms with Crippen molar-refractivity contribution in [3.05, 3.63) is 29.6 Å². The molecule has 4 heteroatoms. The molecule has 0 fully saturated rings. The lowest BCUT2D eigenvalue weighted by Crippen LogP contribution is -2.13. The van der Waals surface area contributed by atoms with Gasteiger partial charge in [-0.15, -0.1) is 0 Å². The van der Waals surface area contributed by atoms with Gasteiger partial charge in [-0.25, -0.2) is 4.39 Å². The van der Waals surface area contributed by atoms with Crippen LogP contribution in [-0.2, 0) is 11.2 Å². The summed E-state index contributed by atoms with van der Waals surface area (Å²) < 4.78 is 23.0. The summed E-state index contributed by atoms with van der Waals surface area (Å²) >= 11 is 0. The Hall–Kier alpha value is -1.13. The number of hydrogen-bond donors (Lipinski definition) is 1. The molecule has 0 bridgehead atoms. The molecule has 1 unspecified atom stereocenters. The minimum Gasteiger partial charge on any atom is -0.494 e. The normalized spacial score (nSPS) is 12.5. The monoisotopic (exact) mass is 228 g/mol. The quantitative estimate of drug-likeness (QED) is 0.806. The molecule has 0 saturated carbocycles. The molecule has 0 aliphatic carbocycles. The van der Waals surface area contributed by atoms with Crippen LogP contribution in [0.2, 0.25) is 0 Å². The number of ether oxygens (including phenoxy) is 2. The lowest BCUT2D eigenvalue weighted by Gasteiger charge is -2.10. The van der Waals surface area contributed by atoms with Gasteiger partial charge < -0.3 is 14.6 Å². The summed E-state index contributed by atoms with van der Waals surface area (Å²) in [6.07, 6.45) is 0.460. The molecular formula is C12H17FO3. The molecule has 1 aromatic rings. The molecule has 90 valence electrons. The predicted molar refractivity (Wildman–Crippen MR) is 59.2 cm³/mol. The van der Waals surface area contributed by atoms with Gasteiger partial charge >= 0.3 is 0 Å². The van der Waals surface area contributed by atoms with E-state index < -0.39 is 11.9 Å². The van der Waals surface area contributed by atoms with Gasteiger partial charge in [0.1, 0.15) is 0 Å². The van der Waals surface area contributed by atoms with Gasteiger partial charge in [0, 0.05) is 13.7 Å².